The highest BCUT2D eigenvalue weighted by Gasteiger charge is 2.14. The third-order valence-electron chi connectivity index (χ3n) is 2.34. The molecule has 20 heavy (non-hydrogen) atoms. The van der Waals surface area contributed by atoms with Gasteiger partial charge < -0.3 is 10.5 Å². The molecular formula is C14H16Cl2N2O2. The summed E-state index contributed by atoms with van der Waals surface area (Å²) in [5.74, 6) is -0.526. The van der Waals surface area contributed by atoms with E-state index in [0.29, 0.717) is 26.6 Å². The first-order valence-electron chi connectivity index (χ1n) is 6.25. The van der Waals surface area contributed by atoms with Crippen LogP contribution in [0.1, 0.15) is 31.3 Å². The third-order valence-corrected chi connectivity index (χ3v) is 2.86. The summed E-state index contributed by atoms with van der Waals surface area (Å²) in [4.78, 5) is 15.8. The fraction of sp³-hybridized carbons (Fsp3) is 0.286. The largest absolute Gasteiger partial charge is 0.461 e. The van der Waals surface area contributed by atoms with Crippen LogP contribution in [0, 0.1) is 0 Å². The summed E-state index contributed by atoms with van der Waals surface area (Å²) in [7, 11) is 0. The number of hydrogen-bond donors (Lipinski definition) is 1. The zero-order chi connectivity index (χ0) is 15.3. The number of ether oxygens (including phenoxy) is 1. The van der Waals surface area contributed by atoms with Crippen LogP contribution in [-0.4, -0.2) is 17.6 Å². The minimum atomic E-state index is -0.526. The average Bonchev–Trinajstić information content (AvgIpc) is 2.39. The Morgan fingerprint density at radius 2 is 1.95 bits per heavy atom. The first kappa shape index (κ1) is 16.5. The summed E-state index contributed by atoms with van der Waals surface area (Å²) < 4.78 is 4.87. The van der Waals surface area contributed by atoms with Gasteiger partial charge in [0.1, 0.15) is 0 Å². The molecule has 0 fully saturated rings. The summed E-state index contributed by atoms with van der Waals surface area (Å²) in [6.45, 7) is 5.99. The Balaban J connectivity index is 0.000000956. The van der Waals surface area contributed by atoms with E-state index in [1.165, 1.54) is 6.07 Å². The molecule has 0 spiro atoms. The lowest BCUT2D eigenvalue weighted by atomic mass is 10.1. The zero-order valence-corrected chi connectivity index (χ0v) is 13.0. The molecule has 1 aromatic heterocycles. The van der Waals surface area contributed by atoms with Crippen LogP contribution in [0.2, 0.25) is 10.0 Å². The lowest BCUT2D eigenvalue weighted by Gasteiger charge is -2.07. The van der Waals surface area contributed by atoms with Crippen LogP contribution in [0.3, 0.4) is 0 Å². The summed E-state index contributed by atoms with van der Waals surface area (Å²) in [5, 5.41) is 1.41. The van der Waals surface area contributed by atoms with Gasteiger partial charge in [-0.1, -0.05) is 37.0 Å². The first-order valence-corrected chi connectivity index (χ1v) is 7.01. The van der Waals surface area contributed by atoms with Crippen LogP contribution >= 0.6 is 23.2 Å². The minimum Gasteiger partial charge on any atom is -0.461 e. The van der Waals surface area contributed by atoms with Crippen molar-refractivity contribution in [1.82, 2.24) is 4.98 Å². The number of nitrogens with two attached hydrogens (primary N) is 1. The number of nitrogens with zero attached hydrogens (tertiary/aromatic N) is 1. The number of carbonyl (C=O) groups is 1. The van der Waals surface area contributed by atoms with Crippen molar-refractivity contribution in [3.63, 3.8) is 0 Å². The Morgan fingerprint density at radius 1 is 1.30 bits per heavy atom. The smallest absolute Gasteiger partial charge is 0.357 e. The van der Waals surface area contributed by atoms with Gasteiger partial charge in [0.25, 0.3) is 0 Å². The van der Waals surface area contributed by atoms with E-state index in [1.54, 1.807) is 19.1 Å². The highest BCUT2D eigenvalue weighted by Crippen LogP contribution is 2.31. The minimum absolute atomic E-state index is 0.139. The molecule has 0 amide bonds. The highest BCUT2D eigenvalue weighted by atomic mass is 35.5. The number of halogens is 2. The molecule has 0 unspecified atom stereocenters. The zero-order valence-electron chi connectivity index (χ0n) is 11.5. The van der Waals surface area contributed by atoms with Gasteiger partial charge in [0.15, 0.2) is 5.69 Å². The van der Waals surface area contributed by atoms with E-state index in [9.17, 15) is 4.79 Å². The van der Waals surface area contributed by atoms with Crippen molar-refractivity contribution in [3.8, 4) is 0 Å². The van der Waals surface area contributed by atoms with Crippen molar-refractivity contribution >= 4 is 45.8 Å². The molecule has 6 heteroatoms. The molecule has 2 aromatic rings. The van der Waals surface area contributed by atoms with Crippen molar-refractivity contribution in [2.75, 3.05) is 12.3 Å². The molecule has 0 aliphatic carbocycles. The van der Waals surface area contributed by atoms with Gasteiger partial charge in [-0.3, -0.25) is 0 Å². The molecule has 108 valence electrons. The molecular weight excluding hydrogens is 299 g/mol. The number of anilines is 1. The molecule has 0 saturated heterocycles. The number of pyridine rings is 1. The second-order valence-electron chi connectivity index (χ2n) is 3.60. The lowest BCUT2D eigenvalue weighted by Crippen LogP contribution is -2.08. The summed E-state index contributed by atoms with van der Waals surface area (Å²) in [5.41, 5.74) is 6.84. The Morgan fingerprint density at radius 3 is 2.55 bits per heavy atom. The summed E-state index contributed by atoms with van der Waals surface area (Å²) >= 11 is 11.9. The van der Waals surface area contributed by atoms with Crippen molar-refractivity contribution in [2.24, 2.45) is 0 Å². The second-order valence-corrected chi connectivity index (χ2v) is 4.44. The molecule has 2 rings (SSSR count). The van der Waals surface area contributed by atoms with Gasteiger partial charge in [-0.25, -0.2) is 9.78 Å². The normalized spacial score (nSPS) is 9.85. The third kappa shape index (κ3) is 3.52. The molecule has 4 nitrogen and oxygen atoms in total. The van der Waals surface area contributed by atoms with E-state index in [1.807, 2.05) is 13.8 Å². The maximum atomic E-state index is 11.6. The number of hydrogen-bond acceptors (Lipinski definition) is 4. The molecule has 0 bridgehead atoms. The van der Waals surface area contributed by atoms with Gasteiger partial charge in [-0.15, -0.1) is 0 Å². The Hall–Kier alpha value is -1.52. The van der Waals surface area contributed by atoms with E-state index in [4.69, 9.17) is 33.7 Å². The quantitative estimate of drug-likeness (QED) is 0.838. The molecule has 1 aromatic carbocycles. The van der Waals surface area contributed by atoms with Gasteiger partial charge >= 0.3 is 5.97 Å². The van der Waals surface area contributed by atoms with Crippen molar-refractivity contribution in [3.05, 3.63) is 33.9 Å². The van der Waals surface area contributed by atoms with Gasteiger partial charge in [0, 0.05) is 16.1 Å². The van der Waals surface area contributed by atoms with E-state index >= 15 is 0 Å². The van der Waals surface area contributed by atoms with Gasteiger partial charge in [-0.05, 0) is 25.1 Å². The molecule has 0 atom stereocenters. The van der Waals surface area contributed by atoms with Crippen LogP contribution < -0.4 is 5.73 Å². The van der Waals surface area contributed by atoms with Gasteiger partial charge in [0.05, 0.1) is 17.1 Å². The Bertz CT molecular complexity index is 630. The number of benzene rings is 1. The molecule has 0 aliphatic heterocycles. The van der Waals surface area contributed by atoms with Crippen LogP contribution in [-0.2, 0) is 4.74 Å². The molecule has 0 aliphatic rings. The fourth-order valence-electron chi connectivity index (χ4n) is 1.63. The number of fused-ring (bicyclic) bond motifs is 1. The molecule has 2 N–H and O–H groups in total. The topological polar surface area (TPSA) is 65.2 Å². The molecule has 0 saturated carbocycles. The Kier molecular flexibility index (Phi) is 6.05. The van der Waals surface area contributed by atoms with Gasteiger partial charge in [0.2, 0.25) is 0 Å². The van der Waals surface area contributed by atoms with Gasteiger partial charge in [-0.2, -0.15) is 0 Å². The van der Waals surface area contributed by atoms with Crippen LogP contribution in [0.4, 0.5) is 5.69 Å². The number of aromatic nitrogens is 1. The highest BCUT2D eigenvalue weighted by molar-refractivity contribution is 6.39. The maximum absolute atomic E-state index is 11.6. The monoisotopic (exact) mass is 314 g/mol. The standard InChI is InChI=1S/C12H10Cl2N2O2.C2H6/c1-2-18-12(17)10-5-8(15)11-7(14)3-6(13)4-9(11)16-10;1-2/h3-5H,2H2,1H3,(H2,15,16);1-2H3. The van der Waals surface area contributed by atoms with Crippen molar-refractivity contribution < 1.29 is 9.53 Å². The first-order chi connectivity index (χ1) is 9.52. The van der Waals surface area contributed by atoms with E-state index in [2.05, 4.69) is 4.98 Å². The fourth-order valence-corrected chi connectivity index (χ4v) is 2.22. The van der Waals surface area contributed by atoms with E-state index < -0.39 is 5.97 Å². The summed E-state index contributed by atoms with van der Waals surface area (Å²) in [6, 6.07) is 4.62. The van der Waals surface area contributed by atoms with Crippen molar-refractivity contribution in [2.45, 2.75) is 20.8 Å². The number of rotatable bonds is 2. The number of carbonyl (C=O) groups excluding carboxylic acids is 1. The van der Waals surface area contributed by atoms with E-state index in [-0.39, 0.29) is 12.3 Å². The van der Waals surface area contributed by atoms with Crippen LogP contribution in [0.5, 0.6) is 0 Å². The van der Waals surface area contributed by atoms with Crippen molar-refractivity contribution in [1.29, 1.82) is 0 Å². The molecule has 0 radical (unpaired) electrons. The maximum Gasteiger partial charge on any atom is 0.357 e. The van der Waals surface area contributed by atoms with E-state index in [0.717, 1.165) is 0 Å². The molecule has 1 heterocycles. The van der Waals surface area contributed by atoms with Crippen LogP contribution in [0.25, 0.3) is 10.9 Å². The number of esters is 1. The predicted molar refractivity (Wildman–Crippen MR) is 83.5 cm³/mol. The lowest BCUT2D eigenvalue weighted by molar-refractivity contribution is 0.0520. The Labute approximate surface area is 127 Å². The average molecular weight is 315 g/mol. The van der Waals surface area contributed by atoms with Crippen LogP contribution in [0.15, 0.2) is 18.2 Å². The summed E-state index contributed by atoms with van der Waals surface area (Å²) in [6.07, 6.45) is 0. The second kappa shape index (κ2) is 7.31. The SMILES string of the molecule is CC.CCOC(=O)c1cc(N)c2c(Cl)cc(Cl)cc2n1. The predicted octanol–water partition coefficient (Wildman–Crippen LogP) is 4.33. The number of nitrogen functional groups attached to an aromatic ring is 1.